The van der Waals surface area contributed by atoms with Gasteiger partial charge in [-0.05, 0) is 50.4 Å². The summed E-state index contributed by atoms with van der Waals surface area (Å²) in [6.45, 7) is 11.4. The summed E-state index contributed by atoms with van der Waals surface area (Å²) < 4.78 is 6.43. The van der Waals surface area contributed by atoms with Gasteiger partial charge in [-0.15, -0.1) is 0 Å². The minimum Gasteiger partial charge on any atom is -0.411 e. The van der Waals surface area contributed by atoms with E-state index < -0.39 is 8.32 Å². The topological polar surface area (TPSA) is 9.23 Å². The lowest BCUT2D eigenvalue weighted by Crippen LogP contribution is -2.39. The Morgan fingerprint density at radius 3 is 2.00 bits per heavy atom. The minimum absolute atomic E-state index is 0.369. The van der Waals surface area contributed by atoms with Crippen LogP contribution in [0.5, 0.6) is 0 Å². The maximum absolute atomic E-state index is 6.43. The van der Waals surface area contributed by atoms with Gasteiger partial charge in [0.25, 0.3) is 0 Å². The number of rotatable bonds is 6. The predicted octanol–water partition coefficient (Wildman–Crippen LogP) is 4.51. The summed E-state index contributed by atoms with van der Waals surface area (Å²) in [6, 6.07) is 3.77. The van der Waals surface area contributed by atoms with Crippen molar-refractivity contribution in [2.24, 2.45) is 0 Å². The van der Waals surface area contributed by atoms with Crippen molar-refractivity contribution >= 4 is 8.32 Å². The number of hydrogen-bond donors (Lipinski definition) is 0. The summed E-state index contributed by atoms with van der Waals surface area (Å²) in [5.41, 5.74) is 3.16. The molecule has 0 saturated heterocycles. The molecular formula is C13H26OSi. The average Bonchev–Trinajstić information content (AvgIpc) is 3.08. The van der Waals surface area contributed by atoms with Crippen LogP contribution in [0.4, 0.5) is 0 Å². The van der Waals surface area contributed by atoms with Crippen molar-refractivity contribution in [3.05, 3.63) is 11.1 Å². The highest BCUT2D eigenvalue weighted by Crippen LogP contribution is 2.35. The van der Waals surface area contributed by atoms with Gasteiger partial charge in [0.15, 0.2) is 8.32 Å². The Hall–Kier alpha value is -0.0831. The zero-order chi connectivity index (χ0) is 11.5. The van der Waals surface area contributed by atoms with Gasteiger partial charge in [-0.2, -0.15) is 0 Å². The molecule has 0 aromatic rings. The van der Waals surface area contributed by atoms with Gasteiger partial charge in [0.1, 0.15) is 0 Å². The molecule has 1 unspecified atom stereocenters. The molecule has 1 rings (SSSR count). The van der Waals surface area contributed by atoms with Gasteiger partial charge >= 0.3 is 0 Å². The van der Waals surface area contributed by atoms with Gasteiger partial charge in [-0.3, -0.25) is 0 Å². The Balaban J connectivity index is 2.61. The maximum atomic E-state index is 6.43. The van der Waals surface area contributed by atoms with E-state index in [1.807, 2.05) is 0 Å². The summed E-state index contributed by atoms with van der Waals surface area (Å²) in [5.74, 6) is 0. The first-order chi connectivity index (χ1) is 7.08. The molecule has 0 amide bonds. The van der Waals surface area contributed by atoms with Crippen molar-refractivity contribution < 1.29 is 4.43 Å². The molecular weight excluding hydrogens is 200 g/mol. The van der Waals surface area contributed by atoms with Crippen LogP contribution in [0.3, 0.4) is 0 Å². The lowest BCUT2D eigenvalue weighted by molar-refractivity contribution is 0.240. The minimum atomic E-state index is -1.40. The van der Waals surface area contributed by atoms with Crippen LogP contribution in [-0.2, 0) is 4.43 Å². The Morgan fingerprint density at radius 2 is 1.67 bits per heavy atom. The molecule has 0 bridgehead atoms. The lowest BCUT2D eigenvalue weighted by atomic mass is 10.2. The second kappa shape index (κ2) is 5.31. The third-order valence-corrected chi connectivity index (χ3v) is 8.75. The van der Waals surface area contributed by atoms with E-state index in [0.717, 1.165) is 0 Å². The van der Waals surface area contributed by atoms with E-state index in [1.165, 1.54) is 36.5 Å². The van der Waals surface area contributed by atoms with Gasteiger partial charge in [-0.1, -0.05) is 26.3 Å². The molecule has 0 aromatic carbocycles. The van der Waals surface area contributed by atoms with Crippen molar-refractivity contribution in [2.45, 2.75) is 71.7 Å². The van der Waals surface area contributed by atoms with E-state index in [9.17, 15) is 0 Å². The van der Waals surface area contributed by atoms with Crippen LogP contribution in [-0.4, -0.2) is 14.4 Å². The molecule has 0 aliphatic heterocycles. The molecule has 15 heavy (non-hydrogen) atoms. The van der Waals surface area contributed by atoms with Crippen molar-refractivity contribution in [3.8, 4) is 0 Å². The van der Waals surface area contributed by atoms with Crippen LogP contribution < -0.4 is 0 Å². The molecule has 0 heterocycles. The Morgan fingerprint density at radius 1 is 1.20 bits per heavy atom. The molecule has 0 spiro atoms. The largest absolute Gasteiger partial charge is 0.411 e. The zero-order valence-electron chi connectivity index (χ0n) is 11.0. The van der Waals surface area contributed by atoms with Crippen LogP contribution in [0.25, 0.3) is 0 Å². The standard InChI is InChI=1S/C13H26OSi/c1-6-15(7-2,8-3)14-12(5)11(4)13-9-10-13/h12H,6-10H2,1-5H3. The highest BCUT2D eigenvalue weighted by Gasteiger charge is 2.32. The highest BCUT2D eigenvalue weighted by atomic mass is 28.4. The fourth-order valence-corrected chi connectivity index (χ4v) is 5.13. The molecule has 1 nitrogen and oxygen atoms in total. The Labute approximate surface area is 96.0 Å². The molecule has 1 saturated carbocycles. The summed E-state index contributed by atoms with van der Waals surface area (Å²) in [6.07, 6.45) is 3.01. The van der Waals surface area contributed by atoms with Crippen LogP contribution in [0.2, 0.25) is 18.1 Å². The molecule has 88 valence electrons. The van der Waals surface area contributed by atoms with Gasteiger partial charge in [0, 0.05) is 0 Å². The van der Waals surface area contributed by atoms with Crippen molar-refractivity contribution in [2.75, 3.05) is 0 Å². The van der Waals surface area contributed by atoms with Crippen molar-refractivity contribution in [1.82, 2.24) is 0 Å². The zero-order valence-corrected chi connectivity index (χ0v) is 12.0. The Kier molecular flexibility index (Phi) is 4.59. The fourth-order valence-electron chi connectivity index (χ4n) is 2.21. The van der Waals surface area contributed by atoms with Crippen LogP contribution in [0.1, 0.15) is 47.5 Å². The molecule has 0 radical (unpaired) electrons. The summed E-state index contributed by atoms with van der Waals surface area (Å²) in [7, 11) is -1.40. The van der Waals surface area contributed by atoms with E-state index in [0.29, 0.717) is 6.10 Å². The van der Waals surface area contributed by atoms with Crippen molar-refractivity contribution in [1.29, 1.82) is 0 Å². The molecule has 1 aliphatic carbocycles. The second-order valence-corrected chi connectivity index (χ2v) is 9.51. The first-order valence-corrected chi connectivity index (χ1v) is 8.97. The van der Waals surface area contributed by atoms with Crippen LogP contribution in [0.15, 0.2) is 11.1 Å². The SMILES string of the molecule is CC[Si](CC)(CC)OC(C)C(C)=C1CC1. The highest BCUT2D eigenvalue weighted by molar-refractivity contribution is 6.73. The van der Waals surface area contributed by atoms with Gasteiger partial charge < -0.3 is 4.43 Å². The van der Waals surface area contributed by atoms with E-state index in [-0.39, 0.29) is 0 Å². The van der Waals surface area contributed by atoms with Gasteiger partial charge in [-0.25, -0.2) is 0 Å². The third-order valence-electron chi connectivity index (χ3n) is 4.03. The molecule has 0 N–H and O–H groups in total. The molecule has 2 heteroatoms. The quantitative estimate of drug-likeness (QED) is 0.478. The van der Waals surface area contributed by atoms with Crippen LogP contribution in [0, 0.1) is 0 Å². The fraction of sp³-hybridized carbons (Fsp3) is 0.846. The van der Waals surface area contributed by atoms with Crippen LogP contribution >= 0.6 is 0 Å². The molecule has 1 fully saturated rings. The Bertz CT molecular complexity index is 227. The first kappa shape index (κ1) is 13.0. The first-order valence-electron chi connectivity index (χ1n) is 6.44. The van der Waals surface area contributed by atoms with E-state index in [1.54, 1.807) is 5.57 Å². The number of hydrogen-bond acceptors (Lipinski definition) is 1. The summed E-state index contributed by atoms with van der Waals surface area (Å²) in [5, 5.41) is 0. The number of allylic oxidation sites excluding steroid dienone is 1. The predicted molar refractivity (Wildman–Crippen MR) is 69.7 cm³/mol. The second-order valence-electron chi connectivity index (χ2n) is 4.79. The third kappa shape index (κ3) is 3.18. The lowest BCUT2D eigenvalue weighted by Gasteiger charge is -2.32. The van der Waals surface area contributed by atoms with Gasteiger partial charge in [0.05, 0.1) is 6.10 Å². The van der Waals surface area contributed by atoms with E-state index in [4.69, 9.17) is 4.43 Å². The van der Waals surface area contributed by atoms with Crippen molar-refractivity contribution in [3.63, 3.8) is 0 Å². The van der Waals surface area contributed by atoms with E-state index in [2.05, 4.69) is 34.6 Å². The van der Waals surface area contributed by atoms with Gasteiger partial charge in [0.2, 0.25) is 0 Å². The summed E-state index contributed by atoms with van der Waals surface area (Å²) in [4.78, 5) is 0. The molecule has 1 aliphatic rings. The van der Waals surface area contributed by atoms with E-state index >= 15 is 0 Å². The monoisotopic (exact) mass is 226 g/mol. The molecule has 1 atom stereocenters. The molecule has 0 aromatic heterocycles. The normalized spacial score (nSPS) is 17.8. The maximum Gasteiger partial charge on any atom is 0.192 e. The smallest absolute Gasteiger partial charge is 0.192 e. The summed E-state index contributed by atoms with van der Waals surface area (Å²) >= 11 is 0. The average molecular weight is 226 g/mol.